The van der Waals surface area contributed by atoms with Crippen LogP contribution in [0.25, 0.3) is 11.1 Å². The fourth-order valence-corrected chi connectivity index (χ4v) is 2.39. The van der Waals surface area contributed by atoms with E-state index < -0.39 is 4.92 Å². The van der Waals surface area contributed by atoms with Crippen LogP contribution in [0, 0.1) is 10.1 Å². The van der Waals surface area contributed by atoms with Crippen LogP contribution in [-0.2, 0) is 11.3 Å². The molecule has 0 aliphatic carbocycles. The summed E-state index contributed by atoms with van der Waals surface area (Å²) >= 11 is 0. The summed E-state index contributed by atoms with van der Waals surface area (Å²) in [6.07, 6.45) is 1.67. The Labute approximate surface area is 144 Å². The number of aromatic nitrogens is 2. The quantitative estimate of drug-likeness (QED) is 0.551. The van der Waals surface area contributed by atoms with Gasteiger partial charge >= 0.3 is 5.82 Å². The Kier molecular flexibility index (Phi) is 4.84. The van der Waals surface area contributed by atoms with Gasteiger partial charge in [-0.25, -0.2) is 0 Å². The van der Waals surface area contributed by atoms with Crippen LogP contribution >= 0.6 is 0 Å². The second kappa shape index (κ2) is 7.39. The Hall–Kier alpha value is -3.48. The highest BCUT2D eigenvalue weighted by molar-refractivity contribution is 5.90. The molecule has 2 aromatic carbocycles. The molecule has 7 nitrogen and oxygen atoms in total. The van der Waals surface area contributed by atoms with Crippen LogP contribution in [-0.4, -0.2) is 20.6 Å². The van der Waals surface area contributed by atoms with Gasteiger partial charge in [-0.3, -0.25) is 4.79 Å². The average molecular weight is 336 g/mol. The first-order valence-corrected chi connectivity index (χ1v) is 7.75. The lowest BCUT2D eigenvalue weighted by atomic mass is 10.1. The fraction of sp³-hybridized carbons (Fsp3) is 0.111. The first-order valence-electron chi connectivity index (χ1n) is 7.75. The molecule has 0 aliphatic rings. The van der Waals surface area contributed by atoms with Gasteiger partial charge in [0, 0.05) is 12.1 Å². The van der Waals surface area contributed by atoms with Gasteiger partial charge < -0.3 is 15.4 Å². The lowest BCUT2D eigenvalue weighted by Crippen LogP contribution is -2.14. The van der Waals surface area contributed by atoms with Crippen molar-refractivity contribution in [2.75, 3.05) is 5.32 Å². The minimum atomic E-state index is -0.565. The van der Waals surface area contributed by atoms with Gasteiger partial charge in [-0.05, 0) is 28.2 Å². The molecule has 1 aromatic heterocycles. The van der Waals surface area contributed by atoms with E-state index in [1.807, 2.05) is 54.6 Å². The first-order chi connectivity index (χ1) is 12.1. The first kappa shape index (κ1) is 16.4. The number of aryl methyl sites for hydroxylation is 1. The van der Waals surface area contributed by atoms with Gasteiger partial charge in [0.25, 0.3) is 0 Å². The topological polar surface area (TPSA) is 90.1 Å². The summed E-state index contributed by atoms with van der Waals surface area (Å²) in [6.45, 7) is 0.280. The number of nitro groups is 1. The lowest BCUT2D eigenvalue weighted by Gasteiger charge is -2.06. The van der Waals surface area contributed by atoms with Gasteiger partial charge in [0.2, 0.25) is 5.91 Å². The number of hydrogen-bond donors (Lipinski definition) is 1. The largest absolute Gasteiger partial charge is 0.389 e. The van der Waals surface area contributed by atoms with E-state index in [1.165, 1.54) is 16.9 Å². The van der Waals surface area contributed by atoms with Gasteiger partial charge in [0.15, 0.2) is 0 Å². The number of carbonyl (C=O) groups is 1. The number of nitrogens with zero attached hydrogens (tertiary/aromatic N) is 3. The number of benzene rings is 2. The molecule has 3 rings (SSSR count). The molecule has 0 radical (unpaired) electrons. The van der Waals surface area contributed by atoms with Crippen molar-refractivity contribution in [2.24, 2.45) is 0 Å². The minimum absolute atomic E-state index is 0.175. The van der Waals surface area contributed by atoms with Crippen LogP contribution in [0.5, 0.6) is 0 Å². The monoisotopic (exact) mass is 336 g/mol. The van der Waals surface area contributed by atoms with E-state index in [9.17, 15) is 14.9 Å². The van der Waals surface area contributed by atoms with E-state index in [-0.39, 0.29) is 24.7 Å². The van der Waals surface area contributed by atoms with Crippen molar-refractivity contribution in [2.45, 2.75) is 13.0 Å². The summed E-state index contributed by atoms with van der Waals surface area (Å²) in [6, 6.07) is 18.9. The highest BCUT2D eigenvalue weighted by atomic mass is 16.6. The van der Waals surface area contributed by atoms with Crippen molar-refractivity contribution in [3.63, 3.8) is 0 Å². The number of amides is 1. The van der Waals surface area contributed by atoms with Crippen molar-refractivity contribution in [1.29, 1.82) is 0 Å². The molecule has 126 valence electrons. The Morgan fingerprint density at radius 1 is 1.04 bits per heavy atom. The zero-order valence-corrected chi connectivity index (χ0v) is 13.3. The van der Waals surface area contributed by atoms with Gasteiger partial charge in [-0.1, -0.05) is 42.5 Å². The molecule has 0 saturated heterocycles. The normalized spacial score (nSPS) is 10.4. The van der Waals surface area contributed by atoms with Crippen LogP contribution in [0.2, 0.25) is 0 Å². The zero-order valence-electron chi connectivity index (χ0n) is 13.3. The van der Waals surface area contributed by atoms with Crippen LogP contribution in [0.4, 0.5) is 11.5 Å². The van der Waals surface area contributed by atoms with E-state index in [1.54, 1.807) is 0 Å². The van der Waals surface area contributed by atoms with Crippen molar-refractivity contribution in [3.05, 3.63) is 77.0 Å². The van der Waals surface area contributed by atoms with Crippen molar-refractivity contribution in [1.82, 2.24) is 9.78 Å². The summed E-state index contributed by atoms with van der Waals surface area (Å²) in [5.41, 5.74) is 2.89. The predicted molar refractivity (Wildman–Crippen MR) is 94.0 cm³/mol. The number of nitrogens with one attached hydrogen (secondary N) is 1. The third-order valence-corrected chi connectivity index (χ3v) is 3.66. The number of carbonyl (C=O) groups excluding carboxylic acids is 1. The molecule has 0 bridgehead atoms. The fourth-order valence-electron chi connectivity index (χ4n) is 2.39. The smallest absolute Gasteiger partial charge is 0.358 e. The van der Waals surface area contributed by atoms with Crippen LogP contribution in [0.1, 0.15) is 6.42 Å². The van der Waals surface area contributed by atoms with Gasteiger partial charge in [0.1, 0.15) is 0 Å². The van der Waals surface area contributed by atoms with E-state index in [0.29, 0.717) is 5.69 Å². The molecule has 1 heterocycles. The summed E-state index contributed by atoms with van der Waals surface area (Å²) in [7, 11) is 0. The molecule has 0 spiro atoms. The standard InChI is InChI=1S/C18H16N4O3/c23-18(11-13-21-12-10-17(20-21)22(24)25)19-16-8-6-15(7-9-16)14-4-2-1-3-5-14/h1-10,12H,11,13H2,(H,19,23). The summed E-state index contributed by atoms with van der Waals surface area (Å²) in [5, 5.41) is 17.2. The second-order valence-electron chi connectivity index (χ2n) is 5.44. The highest BCUT2D eigenvalue weighted by Gasteiger charge is 2.12. The Morgan fingerprint density at radius 2 is 1.72 bits per heavy atom. The van der Waals surface area contributed by atoms with E-state index >= 15 is 0 Å². The molecular weight excluding hydrogens is 320 g/mol. The summed E-state index contributed by atoms with van der Waals surface area (Å²) in [4.78, 5) is 22.0. The van der Waals surface area contributed by atoms with Crippen LogP contribution in [0.3, 0.4) is 0 Å². The summed E-state index contributed by atoms with van der Waals surface area (Å²) < 4.78 is 1.39. The third kappa shape index (κ3) is 4.29. The van der Waals surface area contributed by atoms with Gasteiger partial charge in [-0.15, -0.1) is 0 Å². The maximum atomic E-state index is 12.0. The molecule has 7 heteroatoms. The number of rotatable bonds is 6. The van der Waals surface area contributed by atoms with Crippen LogP contribution in [0.15, 0.2) is 66.9 Å². The Morgan fingerprint density at radius 3 is 2.36 bits per heavy atom. The SMILES string of the molecule is O=C(CCn1ccc([N+](=O)[O-])n1)Nc1ccc(-c2ccccc2)cc1. The molecule has 0 aliphatic heterocycles. The third-order valence-electron chi connectivity index (χ3n) is 3.66. The van der Waals surface area contributed by atoms with Crippen molar-refractivity contribution >= 4 is 17.4 Å². The van der Waals surface area contributed by atoms with Crippen LogP contribution < -0.4 is 5.32 Å². The van der Waals surface area contributed by atoms with Crippen molar-refractivity contribution in [3.8, 4) is 11.1 Å². The lowest BCUT2D eigenvalue weighted by molar-refractivity contribution is -0.389. The van der Waals surface area contributed by atoms with Crippen molar-refractivity contribution < 1.29 is 9.72 Å². The van der Waals surface area contributed by atoms with E-state index in [4.69, 9.17) is 0 Å². The van der Waals surface area contributed by atoms with E-state index in [2.05, 4.69) is 10.4 Å². The Balaban J connectivity index is 1.55. The molecule has 0 atom stereocenters. The minimum Gasteiger partial charge on any atom is -0.358 e. The zero-order chi connectivity index (χ0) is 17.6. The molecule has 1 amide bonds. The highest BCUT2D eigenvalue weighted by Crippen LogP contribution is 2.21. The average Bonchev–Trinajstić information content (AvgIpc) is 3.11. The maximum Gasteiger partial charge on any atom is 0.389 e. The molecule has 3 aromatic rings. The molecule has 25 heavy (non-hydrogen) atoms. The Bertz CT molecular complexity index is 873. The maximum absolute atomic E-state index is 12.0. The van der Waals surface area contributed by atoms with E-state index in [0.717, 1.165) is 11.1 Å². The second-order valence-corrected chi connectivity index (χ2v) is 5.44. The number of anilines is 1. The predicted octanol–water partition coefficient (Wildman–Crippen LogP) is 3.49. The van der Waals surface area contributed by atoms with Gasteiger partial charge in [0.05, 0.1) is 23.9 Å². The molecule has 0 fully saturated rings. The molecule has 0 unspecified atom stereocenters. The summed E-state index contributed by atoms with van der Waals surface area (Å²) in [5.74, 6) is -0.400. The number of hydrogen-bond acceptors (Lipinski definition) is 4. The molecular formula is C18H16N4O3. The molecule has 1 N–H and O–H groups in total. The molecule has 0 saturated carbocycles. The van der Waals surface area contributed by atoms with Gasteiger partial charge in [-0.2, -0.15) is 4.68 Å².